The van der Waals surface area contributed by atoms with Gasteiger partial charge in [-0.3, -0.25) is 4.99 Å². The Hall–Kier alpha value is -2.73. The van der Waals surface area contributed by atoms with Gasteiger partial charge in [-0.2, -0.15) is 0 Å². The zero-order valence-corrected chi connectivity index (χ0v) is 18.4. The Morgan fingerprint density at radius 2 is 1.97 bits per heavy atom. The van der Waals surface area contributed by atoms with E-state index in [1.165, 1.54) is 17.7 Å². The van der Waals surface area contributed by atoms with Crippen molar-refractivity contribution in [2.75, 3.05) is 51.9 Å². The van der Waals surface area contributed by atoms with Crippen LogP contribution in [0.3, 0.4) is 0 Å². The Morgan fingerprint density at radius 3 is 2.73 bits per heavy atom. The summed E-state index contributed by atoms with van der Waals surface area (Å²) in [7, 11) is 3.49. The van der Waals surface area contributed by atoms with Crippen molar-refractivity contribution in [1.82, 2.24) is 10.6 Å². The molecule has 1 atom stereocenters. The predicted octanol–water partition coefficient (Wildman–Crippen LogP) is 3.21. The maximum Gasteiger partial charge on any atom is 0.191 e. The smallest absolute Gasteiger partial charge is 0.191 e. The molecule has 0 saturated carbocycles. The molecule has 2 N–H and O–H groups in total. The van der Waals surface area contributed by atoms with Gasteiger partial charge in [0.05, 0.1) is 6.61 Å². The maximum atomic E-state index is 5.89. The van der Waals surface area contributed by atoms with Crippen molar-refractivity contribution < 1.29 is 9.47 Å². The molecule has 0 aliphatic carbocycles. The molecule has 0 aromatic heterocycles. The highest BCUT2D eigenvalue weighted by molar-refractivity contribution is 5.79. The third-order valence-corrected chi connectivity index (χ3v) is 5.40. The number of rotatable bonds is 9. The molecule has 3 rings (SSSR count). The van der Waals surface area contributed by atoms with E-state index in [1.807, 2.05) is 7.05 Å². The van der Waals surface area contributed by atoms with Gasteiger partial charge in [0.1, 0.15) is 12.4 Å². The highest BCUT2D eigenvalue weighted by Gasteiger charge is 2.22. The minimum Gasteiger partial charge on any atom is -0.491 e. The van der Waals surface area contributed by atoms with Crippen molar-refractivity contribution in [3.8, 4) is 5.75 Å². The minimum absolute atomic E-state index is 0.541. The summed E-state index contributed by atoms with van der Waals surface area (Å²) in [5, 5.41) is 6.91. The highest BCUT2D eigenvalue weighted by Crippen LogP contribution is 2.23. The Labute approximate surface area is 180 Å². The maximum absolute atomic E-state index is 5.89. The lowest BCUT2D eigenvalue weighted by Crippen LogP contribution is -2.40. The predicted molar refractivity (Wildman–Crippen MR) is 124 cm³/mol. The number of anilines is 1. The monoisotopic (exact) mass is 410 g/mol. The third kappa shape index (κ3) is 6.39. The lowest BCUT2D eigenvalue weighted by molar-refractivity contribution is 0.145. The summed E-state index contributed by atoms with van der Waals surface area (Å²) in [6.07, 6.45) is 1.19. The van der Waals surface area contributed by atoms with Gasteiger partial charge in [0, 0.05) is 51.6 Å². The zero-order chi connectivity index (χ0) is 21.2. The van der Waals surface area contributed by atoms with Crippen LogP contribution >= 0.6 is 0 Å². The summed E-state index contributed by atoms with van der Waals surface area (Å²) >= 11 is 0. The van der Waals surface area contributed by atoms with Gasteiger partial charge >= 0.3 is 0 Å². The molecular weight excluding hydrogens is 376 g/mol. The SMILES string of the molecule is CN=C(NCc1ccc(C)cc1OCCOC)NCC1CCN(c2ccccc2)C1. The average molecular weight is 411 g/mol. The highest BCUT2D eigenvalue weighted by atomic mass is 16.5. The van der Waals surface area contributed by atoms with Crippen LogP contribution in [0.4, 0.5) is 5.69 Å². The number of para-hydroxylation sites is 1. The van der Waals surface area contributed by atoms with E-state index in [1.54, 1.807) is 7.11 Å². The number of aliphatic imine (C=N–C) groups is 1. The number of nitrogens with one attached hydrogen (secondary N) is 2. The normalized spacial score (nSPS) is 16.6. The van der Waals surface area contributed by atoms with E-state index in [0.29, 0.717) is 25.7 Å². The second-order valence-corrected chi connectivity index (χ2v) is 7.70. The van der Waals surface area contributed by atoms with Crippen LogP contribution in [0.15, 0.2) is 53.5 Å². The van der Waals surface area contributed by atoms with Crippen LogP contribution in [0.25, 0.3) is 0 Å². The summed E-state index contributed by atoms with van der Waals surface area (Å²) in [4.78, 5) is 6.84. The van der Waals surface area contributed by atoms with Crippen molar-refractivity contribution in [3.05, 3.63) is 59.7 Å². The van der Waals surface area contributed by atoms with Crippen molar-refractivity contribution in [2.45, 2.75) is 19.9 Å². The first kappa shape index (κ1) is 22.0. The quantitative estimate of drug-likeness (QED) is 0.378. The van der Waals surface area contributed by atoms with Gasteiger partial charge in [-0.15, -0.1) is 0 Å². The van der Waals surface area contributed by atoms with Crippen molar-refractivity contribution >= 4 is 11.6 Å². The van der Waals surface area contributed by atoms with Gasteiger partial charge in [0.25, 0.3) is 0 Å². The van der Waals surface area contributed by atoms with Gasteiger partial charge in [-0.1, -0.05) is 30.3 Å². The van der Waals surface area contributed by atoms with Crippen LogP contribution in [0, 0.1) is 12.8 Å². The van der Waals surface area contributed by atoms with E-state index < -0.39 is 0 Å². The molecule has 2 aromatic carbocycles. The van der Waals surface area contributed by atoms with Crippen molar-refractivity contribution in [3.63, 3.8) is 0 Å². The molecule has 1 unspecified atom stereocenters. The molecule has 1 aliphatic rings. The molecule has 6 heteroatoms. The van der Waals surface area contributed by atoms with E-state index in [4.69, 9.17) is 9.47 Å². The topological polar surface area (TPSA) is 58.1 Å². The zero-order valence-electron chi connectivity index (χ0n) is 18.4. The molecule has 162 valence electrons. The van der Waals surface area contributed by atoms with Crippen molar-refractivity contribution in [2.24, 2.45) is 10.9 Å². The molecule has 30 heavy (non-hydrogen) atoms. The molecule has 2 aromatic rings. The number of hydrogen-bond acceptors (Lipinski definition) is 4. The lowest BCUT2D eigenvalue weighted by atomic mass is 10.1. The second-order valence-electron chi connectivity index (χ2n) is 7.70. The molecule has 6 nitrogen and oxygen atoms in total. The lowest BCUT2D eigenvalue weighted by Gasteiger charge is -2.19. The molecule has 1 fully saturated rings. The van der Waals surface area contributed by atoms with Gasteiger partial charge in [-0.25, -0.2) is 0 Å². The molecule has 0 spiro atoms. The standard InChI is InChI=1S/C24H34N4O2/c1-19-9-10-21(23(15-19)30-14-13-29-3)17-27-24(25-2)26-16-20-11-12-28(18-20)22-7-5-4-6-8-22/h4-10,15,20H,11-14,16-18H2,1-3H3,(H2,25,26,27). The minimum atomic E-state index is 0.541. The first-order valence-corrected chi connectivity index (χ1v) is 10.7. The van der Waals surface area contributed by atoms with Crippen LogP contribution in [-0.4, -0.2) is 53.0 Å². The van der Waals surface area contributed by atoms with Gasteiger partial charge < -0.3 is 25.0 Å². The molecule has 0 bridgehead atoms. The summed E-state index contributed by atoms with van der Waals surface area (Å²) < 4.78 is 11.0. The molecular formula is C24H34N4O2. The summed E-state index contributed by atoms with van der Waals surface area (Å²) in [6.45, 7) is 6.93. The van der Waals surface area contributed by atoms with Crippen LogP contribution in [0.5, 0.6) is 5.75 Å². The summed E-state index contributed by atoms with van der Waals surface area (Å²) in [5.74, 6) is 2.32. The fraction of sp³-hybridized carbons (Fsp3) is 0.458. The Bertz CT molecular complexity index is 810. The Morgan fingerprint density at radius 1 is 1.13 bits per heavy atom. The van der Waals surface area contributed by atoms with E-state index in [9.17, 15) is 0 Å². The molecule has 1 aliphatic heterocycles. The van der Waals surface area contributed by atoms with Crippen molar-refractivity contribution in [1.29, 1.82) is 0 Å². The number of methoxy groups -OCH3 is 1. The number of aryl methyl sites for hydroxylation is 1. The fourth-order valence-electron chi connectivity index (χ4n) is 3.69. The Kier molecular flexibility index (Phi) is 8.39. The van der Waals surface area contributed by atoms with Crippen LogP contribution in [-0.2, 0) is 11.3 Å². The molecule has 0 radical (unpaired) electrons. The van der Waals surface area contributed by atoms with E-state index in [2.05, 4.69) is 76.0 Å². The Balaban J connectivity index is 1.47. The van der Waals surface area contributed by atoms with Gasteiger partial charge in [0.15, 0.2) is 5.96 Å². The summed E-state index contributed by atoms with van der Waals surface area (Å²) in [6, 6.07) is 16.9. The number of ether oxygens (including phenoxy) is 2. The second kappa shape index (κ2) is 11.5. The van der Waals surface area contributed by atoms with Crippen LogP contribution in [0.1, 0.15) is 17.5 Å². The van der Waals surface area contributed by atoms with E-state index in [0.717, 1.165) is 36.9 Å². The van der Waals surface area contributed by atoms with Gasteiger partial charge in [0.2, 0.25) is 0 Å². The summed E-state index contributed by atoms with van der Waals surface area (Å²) in [5.41, 5.74) is 3.59. The largest absolute Gasteiger partial charge is 0.491 e. The van der Waals surface area contributed by atoms with Gasteiger partial charge in [-0.05, 0) is 43.0 Å². The molecule has 1 saturated heterocycles. The van der Waals surface area contributed by atoms with E-state index in [-0.39, 0.29) is 0 Å². The first-order valence-electron chi connectivity index (χ1n) is 10.7. The number of hydrogen-bond donors (Lipinski definition) is 2. The third-order valence-electron chi connectivity index (χ3n) is 5.40. The van der Waals surface area contributed by atoms with Crippen LogP contribution in [0.2, 0.25) is 0 Å². The number of nitrogens with zero attached hydrogens (tertiary/aromatic N) is 2. The van der Waals surface area contributed by atoms with E-state index >= 15 is 0 Å². The average Bonchev–Trinajstić information content (AvgIpc) is 3.25. The molecule has 1 heterocycles. The van der Waals surface area contributed by atoms with Crippen LogP contribution < -0.4 is 20.3 Å². The number of guanidine groups is 1. The first-order chi connectivity index (χ1) is 14.7. The molecule has 0 amide bonds. The fourth-order valence-corrected chi connectivity index (χ4v) is 3.69. The number of benzene rings is 2.